The van der Waals surface area contributed by atoms with Gasteiger partial charge in [0.15, 0.2) is 0 Å². The molecule has 7 nitrogen and oxygen atoms in total. The monoisotopic (exact) mass is 499 g/mol. The highest BCUT2D eigenvalue weighted by Crippen LogP contribution is 2.70. The lowest BCUT2D eigenvalue weighted by Gasteiger charge is -2.63. The standard InChI is InChI=1S/C29H41NO6/c1-27-12-9-21(36-26(33)30-15-3-4-16-31)17-20(27)6-7-24-23(27)10-13-28(2)22(11-14-29(24,28)34)19-5-8-25(32)35-18-19/h5,8,16,18,20-24,34H,3-4,6-7,9-15,17H2,1-2H3,(H,30,33). The second kappa shape index (κ2) is 9.62. The van der Waals surface area contributed by atoms with Gasteiger partial charge in [-0.2, -0.15) is 0 Å². The zero-order valence-corrected chi connectivity index (χ0v) is 21.7. The molecule has 36 heavy (non-hydrogen) atoms. The number of ether oxygens (including phenoxy) is 1. The lowest BCUT2D eigenvalue weighted by molar-refractivity contribution is -0.205. The topological polar surface area (TPSA) is 106 Å². The van der Waals surface area contributed by atoms with Crippen LogP contribution in [0.3, 0.4) is 0 Å². The molecule has 1 amide bonds. The van der Waals surface area contributed by atoms with Crippen LogP contribution in [-0.4, -0.2) is 35.7 Å². The van der Waals surface area contributed by atoms with E-state index in [0.29, 0.717) is 31.2 Å². The zero-order chi connectivity index (χ0) is 25.6. The van der Waals surface area contributed by atoms with Crippen LogP contribution in [0.1, 0.15) is 96.0 Å². The molecule has 0 spiro atoms. The number of hydrogen-bond acceptors (Lipinski definition) is 6. The largest absolute Gasteiger partial charge is 0.446 e. The summed E-state index contributed by atoms with van der Waals surface area (Å²) in [6, 6.07) is 3.39. The lowest BCUT2D eigenvalue weighted by atomic mass is 9.43. The molecular weight excluding hydrogens is 458 g/mol. The van der Waals surface area contributed by atoms with Crippen molar-refractivity contribution in [3.63, 3.8) is 0 Å². The maximum atomic E-state index is 12.4. The van der Waals surface area contributed by atoms with Crippen LogP contribution in [0, 0.1) is 28.6 Å². The molecule has 1 aromatic heterocycles. The summed E-state index contributed by atoms with van der Waals surface area (Å²) < 4.78 is 11.0. The van der Waals surface area contributed by atoms with E-state index in [0.717, 1.165) is 69.6 Å². The Morgan fingerprint density at radius 1 is 1.14 bits per heavy atom. The number of carbonyl (C=O) groups is 2. The molecule has 0 saturated heterocycles. The number of aliphatic hydroxyl groups is 1. The fourth-order valence-electron chi connectivity index (χ4n) is 8.96. The van der Waals surface area contributed by atoms with E-state index in [1.807, 2.05) is 6.07 Å². The molecule has 2 N–H and O–H groups in total. The first-order valence-electron chi connectivity index (χ1n) is 13.9. The number of hydrogen-bond donors (Lipinski definition) is 2. The molecule has 8 unspecified atom stereocenters. The molecule has 7 heteroatoms. The highest BCUT2D eigenvalue weighted by molar-refractivity contribution is 5.67. The molecule has 1 aromatic rings. The van der Waals surface area contributed by atoms with Crippen molar-refractivity contribution >= 4 is 12.4 Å². The predicted octanol–water partition coefficient (Wildman–Crippen LogP) is 4.95. The first-order valence-corrected chi connectivity index (χ1v) is 13.9. The third kappa shape index (κ3) is 4.11. The number of unbranched alkanes of at least 4 members (excludes halogenated alkanes) is 1. The zero-order valence-electron chi connectivity index (χ0n) is 21.7. The quantitative estimate of drug-likeness (QED) is 0.424. The number of rotatable bonds is 6. The van der Waals surface area contributed by atoms with E-state index in [1.165, 1.54) is 6.07 Å². The van der Waals surface area contributed by atoms with Gasteiger partial charge in [-0.15, -0.1) is 0 Å². The highest BCUT2D eigenvalue weighted by Gasteiger charge is 2.67. The van der Waals surface area contributed by atoms with Gasteiger partial charge in [0.25, 0.3) is 0 Å². The summed E-state index contributed by atoms with van der Waals surface area (Å²) >= 11 is 0. The van der Waals surface area contributed by atoms with E-state index in [4.69, 9.17) is 9.15 Å². The van der Waals surface area contributed by atoms with Gasteiger partial charge < -0.3 is 24.4 Å². The van der Waals surface area contributed by atoms with Gasteiger partial charge in [0.1, 0.15) is 12.4 Å². The average molecular weight is 500 g/mol. The van der Waals surface area contributed by atoms with Crippen LogP contribution in [0.15, 0.2) is 27.6 Å². The molecule has 4 aliphatic rings. The number of aldehydes is 1. The lowest BCUT2D eigenvalue weighted by Crippen LogP contribution is -2.62. The first-order chi connectivity index (χ1) is 17.2. The summed E-state index contributed by atoms with van der Waals surface area (Å²) in [5.41, 5.74) is -0.0767. The minimum atomic E-state index is -0.709. The molecule has 4 fully saturated rings. The number of nitrogens with one attached hydrogen (secondary N) is 1. The van der Waals surface area contributed by atoms with Crippen molar-refractivity contribution < 1.29 is 23.8 Å². The Morgan fingerprint density at radius 2 is 1.97 bits per heavy atom. The van der Waals surface area contributed by atoms with Crippen LogP contribution in [0.2, 0.25) is 0 Å². The van der Waals surface area contributed by atoms with Gasteiger partial charge in [-0.3, -0.25) is 0 Å². The second-order valence-corrected chi connectivity index (χ2v) is 12.4. The molecule has 0 aromatic carbocycles. The van der Waals surface area contributed by atoms with Crippen LogP contribution < -0.4 is 10.9 Å². The highest BCUT2D eigenvalue weighted by atomic mass is 16.6. The van der Waals surface area contributed by atoms with Crippen molar-refractivity contribution in [3.8, 4) is 0 Å². The van der Waals surface area contributed by atoms with Gasteiger partial charge in [-0.1, -0.05) is 13.8 Å². The fraction of sp³-hybridized carbons (Fsp3) is 0.759. The van der Waals surface area contributed by atoms with E-state index >= 15 is 0 Å². The molecular formula is C29H41NO6. The molecule has 198 valence electrons. The van der Waals surface area contributed by atoms with Crippen molar-refractivity contribution in [2.24, 2.45) is 28.6 Å². The van der Waals surface area contributed by atoms with E-state index in [-0.39, 0.29) is 40.5 Å². The minimum absolute atomic E-state index is 0.0637. The van der Waals surface area contributed by atoms with Crippen molar-refractivity contribution in [3.05, 3.63) is 34.4 Å². The first kappa shape index (κ1) is 25.5. The van der Waals surface area contributed by atoms with Crippen LogP contribution >= 0.6 is 0 Å². The Hall–Kier alpha value is -2.15. The Kier molecular flexibility index (Phi) is 6.81. The van der Waals surface area contributed by atoms with Gasteiger partial charge in [0.2, 0.25) is 0 Å². The van der Waals surface area contributed by atoms with Crippen LogP contribution in [0.4, 0.5) is 4.79 Å². The summed E-state index contributed by atoms with van der Waals surface area (Å²) in [6.07, 6.45) is 11.7. The predicted molar refractivity (Wildman–Crippen MR) is 134 cm³/mol. The van der Waals surface area contributed by atoms with Crippen LogP contribution in [0.25, 0.3) is 0 Å². The Bertz CT molecular complexity index is 1020. The molecule has 5 rings (SSSR count). The summed E-state index contributed by atoms with van der Waals surface area (Å²) in [6.45, 7) is 5.15. The number of amides is 1. The number of carbonyl (C=O) groups excluding carboxylic acids is 2. The fourth-order valence-corrected chi connectivity index (χ4v) is 8.96. The molecule has 1 heterocycles. The molecule has 0 aliphatic heterocycles. The Balaban J connectivity index is 1.27. The number of fused-ring (bicyclic) bond motifs is 5. The van der Waals surface area contributed by atoms with Gasteiger partial charge in [0, 0.05) is 24.4 Å². The van der Waals surface area contributed by atoms with Gasteiger partial charge >= 0.3 is 11.7 Å². The molecule has 8 atom stereocenters. The summed E-state index contributed by atoms with van der Waals surface area (Å²) in [4.78, 5) is 34.2. The Morgan fingerprint density at radius 3 is 2.72 bits per heavy atom. The average Bonchev–Trinajstić information content (AvgIpc) is 3.14. The summed E-state index contributed by atoms with van der Waals surface area (Å²) in [5, 5.41) is 15.1. The van der Waals surface area contributed by atoms with Gasteiger partial charge in [-0.05, 0) is 105 Å². The van der Waals surface area contributed by atoms with E-state index in [1.54, 1.807) is 6.26 Å². The smallest absolute Gasteiger partial charge is 0.407 e. The van der Waals surface area contributed by atoms with Crippen LogP contribution in [0.5, 0.6) is 0 Å². The van der Waals surface area contributed by atoms with Crippen molar-refractivity contribution in [1.29, 1.82) is 0 Å². The van der Waals surface area contributed by atoms with E-state index < -0.39 is 5.60 Å². The summed E-state index contributed by atoms with van der Waals surface area (Å²) in [5.74, 6) is 1.44. The normalized spacial score (nSPS) is 41.5. The molecule has 4 aliphatic carbocycles. The van der Waals surface area contributed by atoms with Crippen molar-refractivity contribution in [2.45, 2.75) is 102 Å². The molecule has 0 bridgehead atoms. The van der Waals surface area contributed by atoms with Gasteiger partial charge in [-0.25, -0.2) is 9.59 Å². The minimum Gasteiger partial charge on any atom is -0.446 e. The molecule has 4 saturated carbocycles. The van der Waals surface area contributed by atoms with Crippen molar-refractivity contribution in [1.82, 2.24) is 5.32 Å². The van der Waals surface area contributed by atoms with Gasteiger partial charge in [0.05, 0.1) is 11.9 Å². The van der Waals surface area contributed by atoms with Crippen molar-refractivity contribution in [2.75, 3.05) is 6.54 Å². The third-order valence-corrected chi connectivity index (χ3v) is 11.0. The number of alkyl carbamates (subject to hydrolysis) is 1. The van der Waals surface area contributed by atoms with E-state index in [9.17, 15) is 19.5 Å². The van der Waals surface area contributed by atoms with E-state index in [2.05, 4.69) is 19.2 Å². The van der Waals surface area contributed by atoms with Crippen LogP contribution in [-0.2, 0) is 9.53 Å². The SMILES string of the molecule is CC12CCC(OC(=O)NCCCC=O)CC1CCC1C2CCC2(C)C(c3ccc(=O)oc3)CCC12O. The third-order valence-electron chi connectivity index (χ3n) is 11.0. The Labute approximate surface area is 213 Å². The summed E-state index contributed by atoms with van der Waals surface area (Å²) in [7, 11) is 0. The maximum Gasteiger partial charge on any atom is 0.407 e. The molecule has 0 radical (unpaired) electrons. The maximum absolute atomic E-state index is 12.4. The second-order valence-electron chi connectivity index (χ2n) is 12.4.